The minimum atomic E-state index is -0.827. The van der Waals surface area contributed by atoms with Gasteiger partial charge in [0.1, 0.15) is 5.82 Å². The van der Waals surface area contributed by atoms with Crippen molar-refractivity contribution in [1.29, 1.82) is 0 Å². The van der Waals surface area contributed by atoms with Gasteiger partial charge in [-0.05, 0) is 30.3 Å². The third-order valence-corrected chi connectivity index (χ3v) is 3.67. The molecule has 0 spiro atoms. The second kappa shape index (κ2) is 8.96. The van der Waals surface area contributed by atoms with E-state index in [0.717, 1.165) is 11.0 Å². The number of carbonyl (C=O) groups is 3. The molecule has 2 rings (SSSR count). The Bertz CT molecular complexity index is 828. The molecule has 0 aliphatic rings. The number of benzene rings is 2. The Morgan fingerprint density at radius 2 is 1.88 bits per heavy atom. The lowest BCUT2D eigenvalue weighted by Gasteiger charge is -2.17. The zero-order valence-corrected chi connectivity index (χ0v) is 14.6. The highest BCUT2D eigenvalue weighted by Crippen LogP contribution is 2.20. The van der Waals surface area contributed by atoms with E-state index in [2.05, 4.69) is 5.32 Å². The third kappa shape index (κ3) is 5.56. The summed E-state index contributed by atoms with van der Waals surface area (Å²) in [5.74, 6) is -2.44. The molecule has 2 aromatic rings. The van der Waals surface area contributed by atoms with Gasteiger partial charge in [-0.1, -0.05) is 29.8 Å². The predicted octanol–water partition coefficient (Wildman–Crippen LogP) is 2.73. The summed E-state index contributed by atoms with van der Waals surface area (Å²) in [7, 11) is 1.39. The van der Waals surface area contributed by atoms with Gasteiger partial charge in [0.2, 0.25) is 5.91 Å². The number of halogens is 2. The van der Waals surface area contributed by atoms with Gasteiger partial charge < -0.3 is 15.0 Å². The number of esters is 1. The highest BCUT2D eigenvalue weighted by Gasteiger charge is 2.16. The van der Waals surface area contributed by atoms with Crippen LogP contribution in [0.5, 0.6) is 0 Å². The average Bonchev–Trinajstić information content (AvgIpc) is 2.61. The molecule has 2 amide bonds. The molecular formula is C18H16ClFN2O4. The number of nitrogens with zero attached hydrogens (tertiary/aromatic N) is 1. The van der Waals surface area contributed by atoms with Crippen molar-refractivity contribution in [3.05, 3.63) is 64.9 Å². The Hall–Kier alpha value is -2.93. The highest BCUT2D eigenvalue weighted by molar-refractivity contribution is 6.33. The summed E-state index contributed by atoms with van der Waals surface area (Å²) in [4.78, 5) is 36.8. The molecule has 0 fully saturated rings. The molecule has 0 aromatic heterocycles. The van der Waals surface area contributed by atoms with Crippen molar-refractivity contribution >= 4 is 35.1 Å². The van der Waals surface area contributed by atoms with Crippen LogP contribution in [0.3, 0.4) is 0 Å². The van der Waals surface area contributed by atoms with Crippen molar-refractivity contribution < 1.29 is 23.5 Å². The number of hydrogen-bond acceptors (Lipinski definition) is 4. The van der Waals surface area contributed by atoms with Crippen LogP contribution in [0.15, 0.2) is 48.5 Å². The molecule has 6 nitrogen and oxygen atoms in total. The summed E-state index contributed by atoms with van der Waals surface area (Å²) in [6.07, 6.45) is 0. The van der Waals surface area contributed by atoms with Gasteiger partial charge in [0.15, 0.2) is 6.61 Å². The van der Waals surface area contributed by atoms with Crippen molar-refractivity contribution in [1.82, 2.24) is 4.90 Å². The van der Waals surface area contributed by atoms with Crippen molar-refractivity contribution in [2.45, 2.75) is 0 Å². The Morgan fingerprint density at radius 3 is 2.58 bits per heavy atom. The molecule has 2 aromatic carbocycles. The first-order valence-corrected chi connectivity index (χ1v) is 7.95. The molecule has 0 heterocycles. The van der Waals surface area contributed by atoms with Gasteiger partial charge in [0.05, 0.1) is 22.8 Å². The van der Waals surface area contributed by atoms with Crippen molar-refractivity contribution in [2.24, 2.45) is 0 Å². The van der Waals surface area contributed by atoms with E-state index < -0.39 is 30.2 Å². The van der Waals surface area contributed by atoms with Crippen LogP contribution < -0.4 is 5.32 Å². The molecular weight excluding hydrogens is 363 g/mol. The Labute approximate surface area is 154 Å². The fraction of sp³-hybridized carbons (Fsp3) is 0.167. The number of amides is 2. The summed E-state index contributed by atoms with van der Waals surface area (Å²) in [6.45, 7) is -0.813. The molecule has 0 atom stereocenters. The molecule has 136 valence electrons. The second-order valence-electron chi connectivity index (χ2n) is 5.36. The number of likely N-dealkylation sites (N-methyl/N-ethyl adjacent to an activating group) is 1. The maximum absolute atomic E-state index is 13.1. The van der Waals surface area contributed by atoms with Gasteiger partial charge in [-0.2, -0.15) is 0 Å². The number of para-hydroxylation sites is 1. The van der Waals surface area contributed by atoms with Crippen LogP contribution in [0, 0.1) is 5.82 Å². The Balaban J connectivity index is 1.82. The molecule has 1 N–H and O–H groups in total. The van der Waals surface area contributed by atoms with E-state index >= 15 is 0 Å². The van der Waals surface area contributed by atoms with Gasteiger partial charge in [-0.3, -0.25) is 9.59 Å². The lowest BCUT2D eigenvalue weighted by Crippen LogP contribution is -2.37. The quantitative estimate of drug-likeness (QED) is 0.784. The minimum absolute atomic E-state index is 0.00286. The zero-order valence-electron chi connectivity index (χ0n) is 13.9. The largest absolute Gasteiger partial charge is 0.452 e. The highest BCUT2D eigenvalue weighted by atomic mass is 35.5. The number of rotatable bonds is 6. The summed E-state index contributed by atoms with van der Waals surface area (Å²) in [5, 5.41) is 2.95. The number of ether oxygens (including phenoxy) is 1. The normalized spacial score (nSPS) is 10.1. The predicted molar refractivity (Wildman–Crippen MR) is 94.4 cm³/mol. The average molecular weight is 379 g/mol. The fourth-order valence-electron chi connectivity index (χ4n) is 1.99. The Kier molecular flexibility index (Phi) is 6.68. The lowest BCUT2D eigenvalue weighted by molar-refractivity contribution is -0.136. The smallest absolute Gasteiger partial charge is 0.338 e. The van der Waals surface area contributed by atoms with Crippen molar-refractivity contribution in [2.75, 3.05) is 25.5 Å². The molecule has 0 unspecified atom stereocenters. The summed E-state index contributed by atoms with van der Waals surface area (Å²) >= 11 is 5.94. The van der Waals surface area contributed by atoms with Gasteiger partial charge in [0.25, 0.3) is 5.91 Å². The number of nitrogens with one attached hydrogen (secondary N) is 1. The summed E-state index contributed by atoms with van der Waals surface area (Å²) < 4.78 is 17.9. The van der Waals surface area contributed by atoms with Crippen molar-refractivity contribution in [3.63, 3.8) is 0 Å². The van der Waals surface area contributed by atoms with Crippen LogP contribution in [-0.4, -0.2) is 42.9 Å². The van der Waals surface area contributed by atoms with Crippen LogP contribution in [-0.2, 0) is 14.3 Å². The van der Waals surface area contributed by atoms with E-state index in [1.807, 2.05) is 0 Å². The maximum Gasteiger partial charge on any atom is 0.338 e. The number of anilines is 1. The van der Waals surface area contributed by atoms with Crippen LogP contribution >= 0.6 is 11.6 Å². The van der Waals surface area contributed by atoms with Gasteiger partial charge in [0, 0.05) is 7.05 Å². The van der Waals surface area contributed by atoms with E-state index in [1.165, 1.54) is 25.2 Å². The molecule has 0 bridgehead atoms. The van der Waals surface area contributed by atoms with E-state index in [4.69, 9.17) is 16.3 Å². The first kappa shape index (κ1) is 19.4. The molecule has 0 aliphatic heterocycles. The standard InChI is InChI=1S/C18H16ClFN2O4/c1-22(10-16(23)21-15-8-3-2-7-14(15)19)17(24)11-26-18(25)12-5-4-6-13(20)9-12/h2-9H,10-11H2,1H3,(H,21,23). The van der Waals surface area contributed by atoms with Crippen LogP contribution in [0.4, 0.5) is 10.1 Å². The summed E-state index contributed by atoms with van der Waals surface area (Å²) in [6, 6.07) is 11.6. The first-order valence-electron chi connectivity index (χ1n) is 7.58. The molecule has 0 aliphatic carbocycles. The SMILES string of the molecule is CN(CC(=O)Nc1ccccc1Cl)C(=O)COC(=O)c1cccc(F)c1. The first-order chi connectivity index (χ1) is 12.4. The zero-order chi connectivity index (χ0) is 19.1. The van der Waals surface area contributed by atoms with Gasteiger partial charge in [-0.25, -0.2) is 9.18 Å². The van der Waals surface area contributed by atoms with Crippen LogP contribution in [0.1, 0.15) is 10.4 Å². The number of hydrogen-bond donors (Lipinski definition) is 1. The van der Waals surface area contributed by atoms with Crippen LogP contribution in [0.25, 0.3) is 0 Å². The molecule has 8 heteroatoms. The molecule has 26 heavy (non-hydrogen) atoms. The van der Waals surface area contributed by atoms with Gasteiger partial charge >= 0.3 is 5.97 Å². The van der Waals surface area contributed by atoms with Crippen LogP contribution in [0.2, 0.25) is 5.02 Å². The lowest BCUT2D eigenvalue weighted by atomic mass is 10.2. The van der Waals surface area contributed by atoms with Crippen molar-refractivity contribution in [3.8, 4) is 0 Å². The summed E-state index contributed by atoms with van der Waals surface area (Å²) in [5.41, 5.74) is 0.425. The van der Waals surface area contributed by atoms with E-state index in [1.54, 1.807) is 24.3 Å². The fourth-order valence-corrected chi connectivity index (χ4v) is 2.18. The second-order valence-corrected chi connectivity index (χ2v) is 5.77. The van der Waals surface area contributed by atoms with Gasteiger partial charge in [-0.15, -0.1) is 0 Å². The Morgan fingerprint density at radius 1 is 1.15 bits per heavy atom. The third-order valence-electron chi connectivity index (χ3n) is 3.34. The minimum Gasteiger partial charge on any atom is -0.452 e. The molecule has 0 radical (unpaired) electrons. The van der Waals surface area contributed by atoms with E-state index in [-0.39, 0.29) is 12.1 Å². The topological polar surface area (TPSA) is 75.7 Å². The van der Waals surface area contributed by atoms with E-state index in [0.29, 0.717) is 10.7 Å². The molecule has 0 saturated heterocycles. The van der Waals surface area contributed by atoms with E-state index in [9.17, 15) is 18.8 Å². The monoisotopic (exact) mass is 378 g/mol. The molecule has 0 saturated carbocycles. The number of carbonyl (C=O) groups excluding carboxylic acids is 3. The maximum atomic E-state index is 13.1.